The Labute approximate surface area is 203 Å². The van der Waals surface area contributed by atoms with Gasteiger partial charge in [0.2, 0.25) is 11.8 Å². The van der Waals surface area contributed by atoms with Crippen molar-refractivity contribution in [2.75, 3.05) is 5.32 Å². The van der Waals surface area contributed by atoms with E-state index in [4.69, 9.17) is 9.57 Å². The van der Waals surface area contributed by atoms with Crippen molar-refractivity contribution in [3.05, 3.63) is 52.9 Å². The first-order valence-corrected chi connectivity index (χ1v) is 12.0. The number of aryl methyl sites for hydroxylation is 1. The van der Waals surface area contributed by atoms with E-state index in [0.29, 0.717) is 37.8 Å². The molecule has 3 N–H and O–H groups in total. The van der Waals surface area contributed by atoms with Crippen LogP contribution in [0.5, 0.6) is 17.5 Å². The van der Waals surface area contributed by atoms with E-state index in [-0.39, 0.29) is 11.0 Å². The molecule has 5 rings (SSSR count). The lowest BCUT2D eigenvalue weighted by Gasteiger charge is -2.24. The van der Waals surface area contributed by atoms with Crippen molar-refractivity contribution in [2.45, 2.75) is 45.1 Å². The maximum absolute atomic E-state index is 14.0. The Morgan fingerprint density at radius 2 is 1.89 bits per heavy atom. The van der Waals surface area contributed by atoms with E-state index in [0.717, 1.165) is 37.0 Å². The number of nitrogens with zero attached hydrogens (tertiary/aromatic N) is 3. The molecular formula is C24H23FN4O5S. The van der Waals surface area contributed by atoms with Crippen LogP contribution >= 0.6 is 11.3 Å². The third-order valence-electron chi connectivity index (χ3n) is 5.93. The highest BCUT2D eigenvalue weighted by Crippen LogP contribution is 2.37. The van der Waals surface area contributed by atoms with Crippen LogP contribution in [0.4, 0.5) is 15.9 Å². The third kappa shape index (κ3) is 4.59. The topological polar surface area (TPSA) is 119 Å². The van der Waals surface area contributed by atoms with Crippen LogP contribution in [0, 0.1) is 12.7 Å². The average Bonchev–Trinajstić information content (AvgIpc) is 3.36. The summed E-state index contributed by atoms with van der Waals surface area (Å²) >= 11 is 1.09. The second-order valence-corrected chi connectivity index (χ2v) is 9.32. The molecule has 1 fully saturated rings. The normalized spacial score (nSPS) is 14.2. The van der Waals surface area contributed by atoms with Crippen molar-refractivity contribution in [1.29, 1.82) is 0 Å². The quantitative estimate of drug-likeness (QED) is 0.337. The zero-order valence-corrected chi connectivity index (χ0v) is 19.6. The number of aromatic nitrogens is 3. The Morgan fingerprint density at radius 3 is 2.63 bits per heavy atom. The third-order valence-corrected chi connectivity index (χ3v) is 7.11. The first-order chi connectivity index (χ1) is 16.9. The summed E-state index contributed by atoms with van der Waals surface area (Å²) in [4.78, 5) is 27.3. The predicted octanol–water partition coefficient (Wildman–Crippen LogP) is 5.08. The molecule has 4 aromatic rings. The Balaban J connectivity index is 1.46. The maximum atomic E-state index is 14.0. The SMILES string of the molecule is Cc1c(C(=O)On2c(O)ccc2O)sc2ncnc(Nc3ccc(F)cc3OC3CCCCC3)c12. The summed E-state index contributed by atoms with van der Waals surface area (Å²) in [6.45, 7) is 1.73. The van der Waals surface area contributed by atoms with E-state index in [1.165, 1.54) is 37.0 Å². The number of carbonyl (C=O) groups excluding carboxylic acids is 1. The number of aromatic hydroxyl groups is 2. The van der Waals surface area contributed by atoms with Crippen molar-refractivity contribution in [3.8, 4) is 17.5 Å². The molecule has 1 aliphatic rings. The van der Waals surface area contributed by atoms with Gasteiger partial charge in [-0.15, -0.1) is 16.1 Å². The molecule has 35 heavy (non-hydrogen) atoms. The summed E-state index contributed by atoms with van der Waals surface area (Å²) in [5.74, 6) is -1.19. The van der Waals surface area contributed by atoms with Gasteiger partial charge in [0.15, 0.2) is 0 Å². The fourth-order valence-electron chi connectivity index (χ4n) is 4.17. The number of nitrogens with one attached hydrogen (secondary N) is 1. The van der Waals surface area contributed by atoms with Gasteiger partial charge in [-0.05, 0) is 50.3 Å². The smallest absolute Gasteiger partial charge is 0.374 e. The second-order valence-electron chi connectivity index (χ2n) is 8.32. The molecule has 0 amide bonds. The minimum atomic E-state index is -0.777. The largest absolute Gasteiger partial charge is 0.492 e. The number of anilines is 2. The van der Waals surface area contributed by atoms with Crippen molar-refractivity contribution in [3.63, 3.8) is 0 Å². The van der Waals surface area contributed by atoms with Crippen LogP contribution < -0.4 is 14.9 Å². The highest BCUT2D eigenvalue weighted by atomic mass is 32.1. The van der Waals surface area contributed by atoms with Gasteiger partial charge in [0.05, 0.1) is 17.2 Å². The Bertz CT molecular complexity index is 1380. The molecule has 0 spiro atoms. The van der Waals surface area contributed by atoms with Crippen LogP contribution in [-0.4, -0.2) is 37.0 Å². The number of thiophene rings is 1. The lowest BCUT2D eigenvalue weighted by molar-refractivity contribution is 0.0386. The molecule has 1 aliphatic carbocycles. The van der Waals surface area contributed by atoms with Crippen LogP contribution in [0.15, 0.2) is 36.7 Å². The number of halogens is 1. The average molecular weight is 499 g/mol. The van der Waals surface area contributed by atoms with Gasteiger partial charge in [-0.3, -0.25) is 0 Å². The van der Waals surface area contributed by atoms with Gasteiger partial charge in [0.25, 0.3) is 0 Å². The van der Waals surface area contributed by atoms with E-state index >= 15 is 0 Å². The number of ether oxygens (including phenoxy) is 1. The van der Waals surface area contributed by atoms with E-state index in [2.05, 4.69) is 15.3 Å². The molecule has 0 atom stereocenters. The van der Waals surface area contributed by atoms with E-state index in [9.17, 15) is 19.4 Å². The molecule has 9 nitrogen and oxygen atoms in total. The summed E-state index contributed by atoms with van der Waals surface area (Å²) in [6.07, 6.45) is 6.59. The number of benzene rings is 1. The minimum absolute atomic E-state index is 0.0299. The van der Waals surface area contributed by atoms with Gasteiger partial charge in [0.1, 0.15) is 33.4 Å². The molecule has 182 valence electrons. The minimum Gasteiger partial charge on any atom is -0.492 e. The summed E-state index contributed by atoms with van der Waals surface area (Å²) < 4.78 is 20.8. The standard InChI is InChI=1S/C24H23FN4O5S/c1-13-20-22(28-16-8-7-14(25)11-17(16)33-15-5-3-2-4-6-15)26-12-27-23(20)35-21(13)24(32)34-29-18(30)9-10-19(29)31/h7-12,15,30-31H,2-6H2,1H3,(H,26,27,28). The summed E-state index contributed by atoms with van der Waals surface area (Å²) in [6, 6.07) is 6.69. The number of rotatable bonds is 6. The van der Waals surface area contributed by atoms with Gasteiger partial charge < -0.3 is 25.1 Å². The first-order valence-electron chi connectivity index (χ1n) is 11.2. The fraction of sp³-hybridized carbons (Fsp3) is 0.292. The van der Waals surface area contributed by atoms with Crippen molar-refractivity contribution < 1.29 is 29.0 Å². The van der Waals surface area contributed by atoms with Crippen LogP contribution in [0.3, 0.4) is 0 Å². The van der Waals surface area contributed by atoms with Gasteiger partial charge in [-0.1, -0.05) is 6.42 Å². The number of carbonyl (C=O) groups is 1. The van der Waals surface area contributed by atoms with Gasteiger partial charge in [-0.2, -0.15) is 0 Å². The van der Waals surface area contributed by atoms with Gasteiger partial charge in [0, 0.05) is 18.2 Å². The van der Waals surface area contributed by atoms with Gasteiger partial charge in [-0.25, -0.2) is 19.2 Å². The lowest BCUT2D eigenvalue weighted by Crippen LogP contribution is -2.20. The summed E-state index contributed by atoms with van der Waals surface area (Å²) in [5, 5.41) is 23.3. The maximum Gasteiger partial charge on any atom is 0.374 e. The molecular weight excluding hydrogens is 475 g/mol. The second kappa shape index (κ2) is 9.41. The zero-order chi connectivity index (χ0) is 24.5. The molecule has 0 radical (unpaired) electrons. The Morgan fingerprint density at radius 1 is 1.14 bits per heavy atom. The molecule has 11 heteroatoms. The highest BCUT2D eigenvalue weighted by molar-refractivity contribution is 7.20. The monoisotopic (exact) mass is 498 g/mol. The van der Waals surface area contributed by atoms with Crippen molar-refractivity contribution in [1.82, 2.24) is 14.7 Å². The molecule has 1 aromatic carbocycles. The summed E-state index contributed by atoms with van der Waals surface area (Å²) in [5.41, 5.74) is 1.11. The van der Waals surface area contributed by atoms with Crippen molar-refractivity contribution >= 4 is 39.0 Å². The molecule has 1 saturated carbocycles. The number of hydrogen-bond donors (Lipinski definition) is 3. The molecule has 3 heterocycles. The van der Waals surface area contributed by atoms with E-state index in [1.54, 1.807) is 13.0 Å². The highest BCUT2D eigenvalue weighted by Gasteiger charge is 2.24. The number of fused-ring (bicyclic) bond motifs is 1. The zero-order valence-electron chi connectivity index (χ0n) is 18.8. The number of hydrogen-bond acceptors (Lipinski definition) is 9. The Kier molecular flexibility index (Phi) is 6.16. The van der Waals surface area contributed by atoms with Crippen molar-refractivity contribution in [2.24, 2.45) is 0 Å². The van der Waals surface area contributed by atoms with Crippen LogP contribution in [0.1, 0.15) is 47.3 Å². The Hall–Kier alpha value is -3.86. The molecule has 0 aliphatic heterocycles. The molecule has 3 aromatic heterocycles. The van der Waals surface area contributed by atoms with Gasteiger partial charge >= 0.3 is 5.97 Å². The van der Waals surface area contributed by atoms with Crippen LogP contribution in [-0.2, 0) is 0 Å². The van der Waals surface area contributed by atoms with Crippen LogP contribution in [0.2, 0.25) is 0 Å². The molecule has 0 saturated heterocycles. The fourth-order valence-corrected chi connectivity index (χ4v) is 5.19. The van der Waals surface area contributed by atoms with E-state index in [1.807, 2.05) is 0 Å². The first kappa shape index (κ1) is 22.9. The van der Waals surface area contributed by atoms with E-state index < -0.39 is 23.5 Å². The predicted molar refractivity (Wildman–Crippen MR) is 128 cm³/mol. The summed E-state index contributed by atoms with van der Waals surface area (Å²) in [7, 11) is 0. The molecule has 0 bridgehead atoms. The lowest BCUT2D eigenvalue weighted by atomic mass is 9.98. The van der Waals surface area contributed by atoms with Crippen LogP contribution in [0.25, 0.3) is 10.2 Å². The molecule has 0 unspecified atom stereocenters.